The van der Waals surface area contributed by atoms with Gasteiger partial charge in [0.15, 0.2) is 6.54 Å². The zero-order valence-corrected chi connectivity index (χ0v) is 19.1. The van der Waals surface area contributed by atoms with E-state index >= 15 is 0 Å². The molecule has 0 aliphatic rings. The molecule has 0 unspecified atom stereocenters. The summed E-state index contributed by atoms with van der Waals surface area (Å²) in [4.78, 5) is 39.6. The van der Waals surface area contributed by atoms with E-state index in [0.717, 1.165) is 20.6 Å². The van der Waals surface area contributed by atoms with Crippen LogP contribution in [0.5, 0.6) is 0 Å². The van der Waals surface area contributed by atoms with Gasteiger partial charge in [-0.3, -0.25) is 9.59 Å². The topological polar surface area (TPSA) is 113 Å². The molecule has 0 aliphatic heterocycles. The van der Waals surface area contributed by atoms with E-state index in [1.807, 2.05) is 60.7 Å². The molecule has 35 heavy (non-hydrogen) atoms. The second kappa shape index (κ2) is 11.0. The van der Waals surface area contributed by atoms with Crippen LogP contribution in [0.1, 0.15) is 32.0 Å². The average Bonchev–Trinajstić information content (AvgIpc) is 3.18. The number of nitrogens with one attached hydrogen (secondary N) is 2. The predicted molar refractivity (Wildman–Crippen MR) is 132 cm³/mol. The third-order valence-electron chi connectivity index (χ3n) is 4.86. The van der Waals surface area contributed by atoms with E-state index in [-0.39, 0.29) is 18.0 Å². The maximum atomic E-state index is 13.0. The number of carbonyl (C=O) groups is 2. The van der Waals surface area contributed by atoms with Gasteiger partial charge in [-0.2, -0.15) is 5.10 Å². The van der Waals surface area contributed by atoms with Crippen molar-refractivity contribution in [2.24, 2.45) is 10.2 Å². The van der Waals surface area contributed by atoms with Crippen LogP contribution in [-0.4, -0.2) is 34.1 Å². The Kier molecular flexibility index (Phi) is 7.39. The lowest BCUT2D eigenvalue weighted by atomic mass is 10.1. The van der Waals surface area contributed by atoms with Crippen molar-refractivity contribution in [3.05, 3.63) is 123 Å². The van der Waals surface area contributed by atoms with Gasteiger partial charge >= 0.3 is 17.2 Å². The number of benzene rings is 3. The molecule has 1 heterocycles. The summed E-state index contributed by atoms with van der Waals surface area (Å²) in [6, 6.07) is 24.6. The summed E-state index contributed by atoms with van der Waals surface area (Å²) in [5.74, 6) is -1.13. The van der Waals surface area contributed by atoms with Crippen molar-refractivity contribution < 1.29 is 14.3 Å². The van der Waals surface area contributed by atoms with Crippen molar-refractivity contribution in [1.29, 1.82) is 0 Å². The van der Waals surface area contributed by atoms with Crippen molar-refractivity contribution in [3.63, 3.8) is 0 Å². The van der Waals surface area contributed by atoms with Crippen LogP contribution in [0.25, 0.3) is 0 Å². The molecule has 9 nitrogen and oxygen atoms in total. The van der Waals surface area contributed by atoms with E-state index in [9.17, 15) is 14.4 Å². The number of rotatable bonds is 8. The molecule has 0 atom stereocenters. The van der Waals surface area contributed by atoms with Crippen molar-refractivity contribution in [2.45, 2.75) is 6.54 Å². The normalized spacial score (nSPS) is 11.2. The average molecular weight is 488 g/mol. The molecule has 4 aromatic rings. The van der Waals surface area contributed by atoms with Crippen molar-refractivity contribution >= 4 is 35.7 Å². The zero-order chi connectivity index (χ0) is 24.6. The first-order valence-electron chi connectivity index (χ1n) is 10.5. The lowest BCUT2D eigenvalue weighted by Crippen LogP contribution is -2.48. The Morgan fingerprint density at radius 3 is 2.14 bits per heavy atom. The van der Waals surface area contributed by atoms with Crippen molar-refractivity contribution in [1.82, 2.24) is 15.4 Å². The second-order valence-electron chi connectivity index (χ2n) is 7.35. The fourth-order valence-corrected chi connectivity index (χ4v) is 3.26. The summed E-state index contributed by atoms with van der Waals surface area (Å²) in [7, 11) is 0. The number of Topliss-reactive ketones (excluding diaryl/α,β-unsaturated/α-hetero) is 1. The summed E-state index contributed by atoms with van der Waals surface area (Å²) in [5, 5.41) is 11.2. The smallest absolute Gasteiger partial charge is 0.290 e. The number of carbonyl (C=O) groups excluding carboxylic acids is 2. The standard InChI is InChI=1S/C25H19ClN6O3/c26-21-13-11-20(12-14-21)22(33)17-31-23(24(34)29-27-15-18-7-3-1-4-8-18)25(35)32(30-31)28-16-19-9-5-2-6-10-19/h1-16H,17H2,(H-,29,30,34,35)/p+1/b28-16-. The first-order chi connectivity index (χ1) is 17.0. The molecule has 0 aliphatic carbocycles. The van der Waals surface area contributed by atoms with Gasteiger partial charge in [-0.1, -0.05) is 82.6 Å². The third kappa shape index (κ3) is 6.04. The predicted octanol–water partition coefficient (Wildman–Crippen LogP) is 2.65. The molecule has 0 saturated heterocycles. The summed E-state index contributed by atoms with van der Waals surface area (Å²) in [5.41, 5.74) is 3.14. The van der Waals surface area contributed by atoms with E-state index in [2.05, 4.69) is 20.8 Å². The van der Waals surface area contributed by atoms with Gasteiger partial charge in [0, 0.05) is 15.4 Å². The summed E-state index contributed by atoms with van der Waals surface area (Å²) >= 11 is 5.90. The summed E-state index contributed by atoms with van der Waals surface area (Å²) < 4.78 is 1.13. The highest BCUT2D eigenvalue weighted by molar-refractivity contribution is 6.30. The lowest BCUT2D eigenvalue weighted by Gasteiger charge is -2.00. The molecular weight excluding hydrogens is 468 g/mol. The van der Waals surface area contributed by atoms with Crippen molar-refractivity contribution in [2.75, 3.05) is 0 Å². The molecule has 3 aromatic carbocycles. The van der Waals surface area contributed by atoms with Crippen LogP contribution in [0.2, 0.25) is 5.02 Å². The van der Waals surface area contributed by atoms with Crippen LogP contribution in [0.15, 0.2) is 99.9 Å². The SMILES string of the molecule is O=C(C[n+]1[nH]n(/N=C\c2ccccc2)c(=O)c1C(=O)N/N=C\c1ccccc1)c1ccc(Cl)cc1. The fourth-order valence-electron chi connectivity index (χ4n) is 3.13. The molecule has 174 valence electrons. The van der Waals surface area contributed by atoms with Gasteiger partial charge in [0.05, 0.1) is 12.4 Å². The van der Waals surface area contributed by atoms with Crippen LogP contribution in [0.3, 0.4) is 0 Å². The van der Waals surface area contributed by atoms with Crippen LogP contribution in [-0.2, 0) is 6.54 Å². The van der Waals surface area contributed by atoms with Crippen LogP contribution < -0.4 is 15.7 Å². The third-order valence-corrected chi connectivity index (χ3v) is 5.12. The lowest BCUT2D eigenvalue weighted by molar-refractivity contribution is -0.744. The number of H-pyrrole nitrogens is 1. The van der Waals surface area contributed by atoms with Crippen LogP contribution in [0, 0.1) is 0 Å². The van der Waals surface area contributed by atoms with Crippen LogP contribution in [0.4, 0.5) is 0 Å². The molecule has 1 aromatic heterocycles. The molecule has 2 N–H and O–H groups in total. The number of aromatic nitrogens is 3. The van der Waals surface area contributed by atoms with E-state index < -0.39 is 11.5 Å². The van der Waals surface area contributed by atoms with Gasteiger partial charge < -0.3 is 0 Å². The largest absolute Gasteiger partial charge is 0.432 e. The molecule has 1 amide bonds. The maximum absolute atomic E-state index is 13.0. The Morgan fingerprint density at radius 2 is 1.51 bits per heavy atom. The number of halogens is 1. The minimum Gasteiger partial charge on any atom is -0.290 e. The molecular formula is C25H20ClN6O3+. The highest BCUT2D eigenvalue weighted by Gasteiger charge is 2.30. The Hall–Kier alpha value is -4.63. The molecule has 0 spiro atoms. The Bertz CT molecular complexity index is 1440. The molecule has 4 rings (SSSR count). The number of amides is 1. The Balaban J connectivity index is 1.63. The number of hydrazone groups is 1. The maximum Gasteiger partial charge on any atom is 0.432 e. The molecule has 0 radical (unpaired) electrons. The van der Waals surface area contributed by atoms with Gasteiger partial charge in [0.1, 0.15) is 0 Å². The van der Waals surface area contributed by atoms with Gasteiger partial charge in [0.25, 0.3) is 0 Å². The first-order valence-corrected chi connectivity index (χ1v) is 10.9. The van der Waals surface area contributed by atoms with Crippen molar-refractivity contribution in [3.8, 4) is 0 Å². The Morgan fingerprint density at radius 1 is 0.914 bits per heavy atom. The van der Waals surface area contributed by atoms with E-state index in [0.29, 0.717) is 10.6 Å². The minimum absolute atomic E-state index is 0.310. The summed E-state index contributed by atoms with van der Waals surface area (Å²) in [6.45, 7) is -0.310. The fraction of sp³-hybridized carbons (Fsp3) is 0.0400. The highest BCUT2D eigenvalue weighted by Crippen LogP contribution is 2.10. The number of aromatic amines is 1. The number of ketones is 1. The highest BCUT2D eigenvalue weighted by atomic mass is 35.5. The van der Waals surface area contributed by atoms with Gasteiger partial charge in [-0.05, 0) is 35.4 Å². The quantitative estimate of drug-likeness (QED) is 0.172. The molecule has 0 saturated carbocycles. The minimum atomic E-state index is -0.795. The van der Waals surface area contributed by atoms with Crippen LogP contribution >= 0.6 is 11.6 Å². The number of nitrogens with zero attached hydrogens (tertiary/aromatic N) is 4. The second-order valence-corrected chi connectivity index (χ2v) is 7.78. The van der Waals surface area contributed by atoms with E-state index in [4.69, 9.17) is 11.6 Å². The Labute approximate surface area is 205 Å². The zero-order valence-electron chi connectivity index (χ0n) is 18.3. The summed E-state index contributed by atoms with van der Waals surface area (Å²) in [6.07, 6.45) is 2.90. The van der Waals surface area contributed by atoms with Gasteiger partial charge in [-0.25, -0.2) is 10.2 Å². The number of hydrogen-bond acceptors (Lipinski definition) is 5. The monoisotopic (exact) mass is 487 g/mol. The van der Waals surface area contributed by atoms with Gasteiger partial charge in [0.2, 0.25) is 5.78 Å². The number of hydrogen-bond donors (Lipinski definition) is 2. The molecule has 0 bridgehead atoms. The molecule has 10 heteroatoms. The first kappa shape index (κ1) is 23.5. The van der Waals surface area contributed by atoms with E-state index in [1.54, 1.807) is 24.3 Å². The molecule has 0 fully saturated rings. The van der Waals surface area contributed by atoms with E-state index in [1.165, 1.54) is 12.4 Å². The van der Waals surface area contributed by atoms with Gasteiger partial charge in [-0.15, -0.1) is 4.68 Å².